The van der Waals surface area contributed by atoms with Gasteiger partial charge in [-0.25, -0.2) is 0 Å². The van der Waals surface area contributed by atoms with Gasteiger partial charge in [-0.2, -0.15) is 12.8 Å². The maximum atomic E-state index is 10.4. The topological polar surface area (TPSA) is 57.5 Å². The van der Waals surface area contributed by atoms with Gasteiger partial charge in [0.1, 0.15) is 11.5 Å². The first-order valence-corrected chi connectivity index (χ1v) is 16.0. The molecule has 2 aromatic carbocycles. The zero-order chi connectivity index (χ0) is 34.3. The van der Waals surface area contributed by atoms with Gasteiger partial charge < -0.3 is 24.1 Å². The number of rotatable bonds is 2. The van der Waals surface area contributed by atoms with E-state index in [-0.39, 0.29) is 21.7 Å². The van der Waals surface area contributed by atoms with Crippen LogP contribution >= 0.6 is 0 Å². The zero-order valence-electron chi connectivity index (χ0n) is 30.4. The Kier molecular flexibility index (Phi) is 21.2. The Morgan fingerprint density at radius 2 is 0.667 bits per heavy atom. The number of phenols is 2. The molecule has 0 spiro atoms. The molecule has 0 aliphatic carbocycles. The predicted octanol–water partition coefficient (Wildman–Crippen LogP) is 11.7. The summed E-state index contributed by atoms with van der Waals surface area (Å²) < 4.78 is 8.25. The van der Waals surface area contributed by atoms with Crippen LogP contribution < -0.4 is 0 Å². The summed E-state index contributed by atoms with van der Waals surface area (Å²) in [6, 6.07) is 8.35. The van der Waals surface area contributed by atoms with Crippen molar-refractivity contribution in [2.75, 3.05) is 0 Å². The second kappa shape index (κ2) is 19.8. The molecule has 2 N–H and O–H groups in total. The Hall–Kier alpha value is -1.45. The second-order valence-corrected chi connectivity index (χ2v) is 15.1. The van der Waals surface area contributed by atoms with E-state index in [2.05, 4.69) is 149 Å². The summed E-state index contributed by atoms with van der Waals surface area (Å²) in [6.07, 6.45) is 4.56. The van der Waals surface area contributed by atoms with Crippen molar-refractivity contribution in [1.82, 2.24) is 0 Å². The van der Waals surface area contributed by atoms with Crippen molar-refractivity contribution in [2.45, 2.75) is 158 Å². The van der Waals surface area contributed by atoms with Crippen molar-refractivity contribution in [1.29, 1.82) is 0 Å². The molecule has 0 aromatic heterocycles. The van der Waals surface area contributed by atoms with Crippen molar-refractivity contribution >= 4 is 0 Å². The van der Waals surface area contributed by atoms with Crippen molar-refractivity contribution in [2.24, 2.45) is 0 Å². The van der Waals surface area contributed by atoms with Gasteiger partial charge in [0.05, 0.1) is 0 Å². The van der Waals surface area contributed by atoms with Crippen molar-refractivity contribution in [3.05, 3.63) is 71.5 Å². The molecule has 0 aliphatic rings. The van der Waals surface area contributed by atoms with E-state index in [0.29, 0.717) is 11.5 Å². The van der Waals surface area contributed by atoms with Gasteiger partial charge in [-0.3, -0.25) is 0 Å². The first-order chi connectivity index (χ1) is 18.9. The van der Waals surface area contributed by atoms with Crippen LogP contribution in [0.4, 0.5) is 0 Å². The molecule has 3 nitrogen and oxygen atoms in total. The fourth-order valence-corrected chi connectivity index (χ4v) is 3.84. The number of aromatic hydroxyl groups is 2. The molecule has 0 bridgehead atoms. The molecular formula is C38H66O3Ti. The van der Waals surface area contributed by atoms with Crippen LogP contribution in [0.3, 0.4) is 0 Å². The van der Waals surface area contributed by atoms with E-state index in [1.807, 2.05) is 0 Å². The average molecular weight is 619 g/mol. The maximum absolute atomic E-state index is 10.4. The van der Waals surface area contributed by atoms with E-state index in [9.17, 15) is 10.2 Å². The summed E-state index contributed by atoms with van der Waals surface area (Å²) in [5, 5.41) is 20.8. The quantitative estimate of drug-likeness (QED) is 0.260. The Morgan fingerprint density at radius 1 is 0.524 bits per heavy atom. The molecule has 0 heterocycles. The number of unbranched alkanes of at least 4 members (excludes halogenated alkanes) is 2. The SMILES string of the molecule is Cc1cc(C(C)(C)C)c(O)c(C(C)(C)C)c1.Cc1cc(C(C)(C)C)c(O)c(C(C)(C)C)c1.[CH2-]CCC.[CH2-]CCC.[O]=[Ti+2]. The molecule has 0 amide bonds. The van der Waals surface area contributed by atoms with E-state index < -0.39 is 0 Å². The fourth-order valence-electron chi connectivity index (χ4n) is 3.84. The standard InChI is InChI=1S/2C15H24O.2C4H9.O.Ti/c2*1-10-8-11(14(2,3)4)13(16)12(9-10)15(5,6)7;2*1-3-4-2;;/h2*8-9,16H,1-7H3;2*1,3-4H2,2H3;;/q;;2*-1;;+2. The van der Waals surface area contributed by atoms with Crippen LogP contribution in [0.1, 0.15) is 156 Å². The van der Waals surface area contributed by atoms with Gasteiger partial charge in [0, 0.05) is 0 Å². The molecule has 0 unspecified atom stereocenters. The van der Waals surface area contributed by atoms with Gasteiger partial charge in [0.25, 0.3) is 0 Å². The van der Waals surface area contributed by atoms with Crippen molar-refractivity contribution in [3.63, 3.8) is 0 Å². The number of phenolic OH excluding ortho intramolecular Hbond substituents is 2. The molecule has 4 heteroatoms. The molecular weight excluding hydrogens is 552 g/mol. The van der Waals surface area contributed by atoms with Crippen LogP contribution in [-0.2, 0) is 45.4 Å². The number of aryl methyl sites for hydroxylation is 2. The summed E-state index contributed by atoms with van der Waals surface area (Å²) in [5.41, 5.74) is 6.52. The summed E-state index contributed by atoms with van der Waals surface area (Å²) in [6.45, 7) is 41.2. The van der Waals surface area contributed by atoms with E-state index in [1.54, 1.807) is 0 Å². The normalized spacial score (nSPS) is 11.4. The van der Waals surface area contributed by atoms with E-state index >= 15 is 0 Å². The molecule has 0 atom stereocenters. The van der Waals surface area contributed by atoms with Crippen LogP contribution in [-0.4, -0.2) is 10.2 Å². The number of hydrogen-bond acceptors (Lipinski definition) is 3. The third-order valence-electron chi connectivity index (χ3n) is 6.45. The van der Waals surface area contributed by atoms with Gasteiger partial charge in [-0.15, -0.1) is 0 Å². The molecule has 42 heavy (non-hydrogen) atoms. The van der Waals surface area contributed by atoms with Crippen LogP contribution in [0, 0.1) is 27.7 Å². The van der Waals surface area contributed by atoms with Gasteiger partial charge >= 0.3 is 23.7 Å². The molecule has 0 radical (unpaired) electrons. The Morgan fingerprint density at radius 3 is 0.762 bits per heavy atom. The third kappa shape index (κ3) is 17.0. The molecule has 0 fully saturated rings. The molecule has 0 aliphatic heterocycles. The first-order valence-electron chi connectivity index (χ1n) is 15.4. The molecule has 2 aromatic rings. The van der Waals surface area contributed by atoms with Crippen LogP contribution in [0.5, 0.6) is 11.5 Å². The Labute approximate surface area is 274 Å². The molecule has 0 saturated heterocycles. The fraction of sp³-hybridized carbons (Fsp3) is 0.632. The second-order valence-electron chi connectivity index (χ2n) is 15.1. The van der Waals surface area contributed by atoms with E-state index in [1.165, 1.54) is 24.0 Å². The minimum absolute atomic E-state index is 0.0178. The van der Waals surface area contributed by atoms with Gasteiger partial charge in [0.2, 0.25) is 0 Å². The predicted molar refractivity (Wildman–Crippen MR) is 182 cm³/mol. The Bertz CT molecular complexity index is 869. The molecule has 240 valence electrons. The number of benzene rings is 2. The molecule has 2 rings (SSSR count). The minimum atomic E-state index is -0.0178. The van der Waals surface area contributed by atoms with E-state index in [0.717, 1.165) is 55.5 Å². The summed E-state index contributed by atoms with van der Waals surface area (Å²) in [4.78, 5) is 0. The Balaban J connectivity index is -0.000000551. The molecule has 0 saturated carbocycles. The third-order valence-corrected chi connectivity index (χ3v) is 6.45. The van der Waals surface area contributed by atoms with Crippen LogP contribution in [0.25, 0.3) is 0 Å². The summed E-state index contributed by atoms with van der Waals surface area (Å²) >= 11 is 0.750. The van der Waals surface area contributed by atoms with E-state index in [4.69, 9.17) is 3.32 Å². The van der Waals surface area contributed by atoms with Crippen molar-refractivity contribution < 1.29 is 33.9 Å². The number of hydrogen-bond donors (Lipinski definition) is 2. The van der Waals surface area contributed by atoms with Gasteiger partial charge in [0.15, 0.2) is 0 Å². The van der Waals surface area contributed by atoms with Crippen molar-refractivity contribution in [3.8, 4) is 11.5 Å². The summed E-state index contributed by atoms with van der Waals surface area (Å²) in [7, 11) is 0. The van der Waals surface area contributed by atoms with Gasteiger partial charge in [-0.05, 0) is 57.8 Å². The first kappa shape index (κ1) is 45.0. The van der Waals surface area contributed by atoms with Crippen LogP contribution in [0.15, 0.2) is 24.3 Å². The summed E-state index contributed by atoms with van der Waals surface area (Å²) in [5.74, 6) is 0.927. The zero-order valence-corrected chi connectivity index (χ0v) is 31.9. The average Bonchev–Trinajstić information content (AvgIpc) is 2.85. The van der Waals surface area contributed by atoms with Crippen LogP contribution in [0.2, 0.25) is 0 Å². The monoisotopic (exact) mass is 618 g/mol. The van der Waals surface area contributed by atoms with Gasteiger partial charge in [-0.1, -0.05) is 145 Å².